The molecule has 1 amide bonds. The van der Waals surface area contributed by atoms with Crippen LogP contribution in [0.2, 0.25) is 0 Å². The number of hydrogen-bond donors (Lipinski definition) is 2. The summed E-state index contributed by atoms with van der Waals surface area (Å²) in [5.41, 5.74) is 0.215. The molecule has 0 saturated carbocycles. The van der Waals surface area contributed by atoms with Crippen LogP contribution in [0.4, 0.5) is 0 Å². The summed E-state index contributed by atoms with van der Waals surface area (Å²) < 4.78 is 0. The van der Waals surface area contributed by atoms with Gasteiger partial charge in [-0.2, -0.15) is 0 Å². The Labute approximate surface area is 123 Å². The van der Waals surface area contributed by atoms with Gasteiger partial charge in [-0.25, -0.2) is 0 Å². The summed E-state index contributed by atoms with van der Waals surface area (Å²) in [4.78, 5) is 14.4. The van der Waals surface area contributed by atoms with E-state index in [-0.39, 0.29) is 29.6 Å². The highest BCUT2D eigenvalue weighted by atomic mass is 16.2. The highest BCUT2D eigenvalue weighted by Gasteiger charge is 2.43. The Morgan fingerprint density at radius 2 is 1.70 bits per heavy atom. The smallest absolute Gasteiger partial charge is 0.220 e. The molecule has 4 heteroatoms. The van der Waals surface area contributed by atoms with E-state index in [0.29, 0.717) is 6.42 Å². The number of nitrogens with zero attached hydrogens (tertiary/aromatic N) is 1. The maximum absolute atomic E-state index is 12.0. The third-order valence-electron chi connectivity index (χ3n) is 4.73. The normalized spacial score (nSPS) is 22.7. The molecule has 0 atom stereocenters. The molecular weight excluding hydrogens is 252 g/mol. The first-order valence-electron chi connectivity index (χ1n) is 7.83. The molecule has 1 rings (SSSR count). The van der Waals surface area contributed by atoms with Crippen molar-refractivity contribution in [1.29, 1.82) is 0 Å². The minimum Gasteiger partial charge on any atom is -0.396 e. The van der Waals surface area contributed by atoms with Crippen LogP contribution >= 0.6 is 0 Å². The van der Waals surface area contributed by atoms with Gasteiger partial charge in [-0.3, -0.25) is 9.69 Å². The minimum absolute atomic E-state index is 0.108. The Balaban J connectivity index is 2.46. The van der Waals surface area contributed by atoms with Crippen LogP contribution in [0, 0.1) is 0 Å². The fourth-order valence-corrected chi connectivity index (χ4v) is 3.35. The topological polar surface area (TPSA) is 52.6 Å². The number of unbranched alkanes of at least 4 members (excludes halogenated alkanes) is 2. The molecule has 1 fully saturated rings. The quantitative estimate of drug-likeness (QED) is 0.736. The van der Waals surface area contributed by atoms with Gasteiger partial charge in [0.25, 0.3) is 0 Å². The molecule has 1 aliphatic heterocycles. The van der Waals surface area contributed by atoms with E-state index in [2.05, 4.69) is 45.0 Å². The SMILES string of the molecule is CN1C(C)(C)CC(NC(=O)CCCCCO)CC1(C)C. The molecule has 1 aliphatic rings. The van der Waals surface area contributed by atoms with Crippen molar-refractivity contribution >= 4 is 5.91 Å². The highest BCUT2D eigenvalue weighted by Crippen LogP contribution is 2.36. The lowest BCUT2D eigenvalue weighted by atomic mass is 9.77. The van der Waals surface area contributed by atoms with Gasteiger partial charge in [0.15, 0.2) is 0 Å². The molecular formula is C16H32N2O2. The van der Waals surface area contributed by atoms with Gasteiger partial charge in [-0.1, -0.05) is 6.42 Å². The first-order valence-corrected chi connectivity index (χ1v) is 7.83. The van der Waals surface area contributed by atoms with Gasteiger partial charge in [-0.15, -0.1) is 0 Å². The summed E-state index contributed by atoms with van der Waals surface area (Å²) in [7, 11) is 2.17. The lowest BCUT2D eigenvalue weighted by Crippen LogP contribution is -2.62. The minimum atomic E-state index is 0.108. The zero-order chi connectivity index (χ0) is 15.4. The Morgan fingerprint density at radius 3 is 2.20 bits per heavy atom. The molecule has 0 aromatic carbocycles. The molecule has 20 heavy (non-hydrogen) atoms. The molecule has 2 N–H and O–H groups in total. The molecule has 0 aromatic rings. The molecule has 0 aromatic heterocycles. The zero-order valence-corrected chi connectivity index (χ0v) is 13.8. The van der Waals surface area contributed by atoms with Crippen LogP contribution in [-0.4, -0.2) is 46.7 Å². The van der Waals surface area contributed by atoms with Crippen LogP contribution in [-0.2, 0) is 4.79 Å². The second-order valence-corrected chi connectivity index (χ2v) is 7.39. The number of aliphatic hydroxyl groups is 1. The fourth-order valence-electron chi connectivity index (χ4n) is 3.35. The van der Waals surface area contributed by atoms with E-state index in [9.17, 15) is 4.79 Å². The number of likely N-dealkylation sites (tertiary alicyclic amines) is 1. The van der Waals surface area contributed by atoms with Gasteiger partial charge in [0.05, 0.1) is 0 Å². The third-order valence-corrected chi connectivity index (χ3v) is 4.73. The first kappa shape index (κ1) is 17.4. The summed E-state index contributed by atoms with van der Waals surface area (Å²) in [5, 5.41) is 11.9. The van der Waals surface area contributed by atoms with Crippen LogP contribution in [0.3, 0.4) is 0 Å². The summed E-state index contributed by atoms with van der Waals surface area (Å²) in [6.07, 6.45) is 5.15. The Kier molecular flexibility index (Phi) is 6.02. The molecule has 118 valence electrons. The van der Waals surface area contributed by atoms with E-state index >= 15 is 0 Å². The van der Waals surface area contributed by atoms with E-state index in [4.69, 9.17) is 5.11 Å². The van der Waals surface area contributed by atoms with Crippen LogP contribution in [0.15, 0.2) is 0 Å². The molecule has 1 heterocycles. The molecule has 0 spiro atoms. The largest absolute Gasteiger partial charge is 0.396 e. The molecule has 0 unspecified atom stereocenters. The number of hydrogen-bond acceptors (Lipinski definition) is 3. The molecule has 1 saturated heterocycles. The van der Waals surface area contributed by atoms with E-state index in [0.717, 1.165) is 32.1 Å². The maximum Gasteiger partial charge on any atom is 0.220 e. The average molecular weight is 284 g/mol. The van der Waals surface area contributed by atoms with Gasteiger partial charge in [-0.05, 0) is 60.4 Å². The zero-order valence-electron chi connectivity index (χ0n) is 13.8. The van der Waals surface area contributed by atoms with Crippen molar-refractivity contribution in [2.75, 3.05) is 13.7 Å². The lowest BCUT2D eigenvalue weighted by Gasteiger charge is -2.53. The van der Waals surface area contributed by atoms with Crippen molar-refractivity contribution in [1.82, 2.24) is 10.2 Å². The third kappa shape index (κ3) is 4.74. The lowest BCUT2D eigenvalue weighted by molar-refractivity contribution is -0.123. The number of piperidine rings is 1. The predicted octanol–water partition coefficient (Wildman–Crippen LogP) is 2.31. The van der Waals surface area contributed by atoms with Crippen LogP contribution in [0.5, 0.6) is 0 Å². The Hall–Kier alpha value is -0.610. The summed E-state index contributed by atoms with van der Waals surface area (Å²) >= 11 is 0. The number of carbonyl (C=O) groups is 1. The van der Waals surface area contributed by atoms with Crippen LogP contribution < -0.4 is 5.32 Å². The van der Waals surface area contributed by atoms with Crippen molar-refractivity contribution in [3.8, 4) is 0 Å². The van der Waals surface area contributed by atoms with Gasteiger partial charge < -0.3 is 10.4 Å². The van der Waals surface area contributed by atoms with Crippen molar-refractivity contribution < 1.29 is 9.90 Å². The van der Waals surface area contributed by atoms with Gasteiger partial charge in [0.2, 0.25) is 5.91 Å². The average Bonchev–Trinajstić information content (AvgIpc) is 2.31. The van der Waals surface area contributed by atoms with Gasteiger partial charge >= 0.3 is 0 Å². The number of nitrogens with one attached hydrogen (secondary N) is 1. The first-order chi connectivity index (χ1) is 9.19. The van der Waals surface area contributed by atoms with Crippen molar-refractivity contribution in [2.45, 2.75) is 83.3 Å². The molecule has 0 radical (unpaired) electrons. The molecule has 0 bridgehead atoms. The maximum atomic E-state index is 12.0. The Morgan fingerprint density at radius 1 is 1.15 bits per heavy atom. The number of rotatable bonds is 6. The van der Waals surface area contributed by atoms with Gasteiger partial charge in [0.1, 0.15) is 0 Å². The highest BCUT2D eigenvalue weighted by molar-refractivity contribution is 5.76. The second kappa shape index (κ2) is 6.90. The number of aliphatic hydroxyl groups excluding tert-OH is 1. The van der Waals surface area contributed by atoms with E-state index < -0.39 is 0 Å². The van der Waals surface area contributed by atoms with E-state index in [1.807, 2.05) is 0 Å². The molecule has 0 aliphatic carbocycles. The monoisotopic (exact) mass is 284 g/mol. The van der Waals surface area contributed by atoms with Crippen molar-refractivity contribution in [3.63, 3.8) is 0 Å². The number of amides is 1. The van der Waals surface area contributed by atoms with Crippen LogP contribution in [0.1, 0.15) is 66.2 Å². The van der Waals surface area contributed by atoms with Crippen molar-refractivity contribution in [2.24, 2.45) is 0 Å². The van der Waals surface area contributed by atoms with Crippen molar-refractivity contribution in [3.05, 3.63) is 0 Å². The predicted molar refractivity (Wildman–Crippen MR) is 82.6 cm³/mol. The number of carbonyl (C=O) groups excluding carboxylic acids is 1. The van der Waals surface area contributed by atoms with E-state index in [1.165, 1.54) is 0 Å². The summed E-state index contributed by atoms with van der Waals surface area (Å²) in [6.45, 7) is 9.20. The molecule has 4 nitrogen and oxygen atoms in total. The standard InChI is InChI=1S/C16H32N2O2/c1-15(2)11-13(12-16(3,4)18(15)5)17-14(20)9-7-6-8-10-19/h13,19H,6-12H2,1-5H3,(H,17,20). The summed E-state index contributed by atoms with van der Waals surface area (Å²) in [5.74, 6) is 0.157. The van der Waals surface area contributed by atoms with Crippen LogP contribution in [0.25, 0.3) is 0 Å². The summed E-state index contributed by atoms with van der Waals surface area (Å²) in [6, 6.07) is 0.265. The fraction of sp³-hybridized carbons (Fsp3) is 0.938. The van der Waals surface area contributed by atoms with Gasteiger partial charge in [0, 0.05) is 30.1 Å². The van der Waals surface area contributed by atoms with E-state index in [1.54, 1.807) is 0 Å². The Bertz CT molecular complexity index is 308. The second-order valence-electron chi connectivity index (χ2n) is 7.39.